The molecule has 0 atom stereocenters. The van der Waals surface area contributed by atoms with Gasteiger partial charge in [-0.25, -0.2) is 0 Å². The summed E-state index contributed by atoms with van der Waals surface area (Å²) >= 11 is 0. The lowest BCUT2D eigenvalue weighted by Crippen LogP contribution is -2.20. The SMILES string of the molecule is COc1ccccc1NC(=O)COc1ccc(O)cc1. The van der Waals surface area contributed by atoms with E-state index in [1.54, 1.807) is 30.3 Å². The number of carbonyl (C=O) groups excluding carboxylic acids is 1. The van der Waals surface area contributed by atoms with Crippen LogP contribution >= 0.6 is 0 Å². The molecule has 0 saturated carbocycles. The minimum atomic E-state index is -0.289. The molecule has 1 amide bonds. The summed E-state index contributed by atoms with van der Waals surface area (Å²) in [4.78, 5) is 11.8. The molecule has 0 bridgehead atoms. The number of hydrogen-bond donors (Lipinski definition) is 2. The second kappa shape index (κ2) is 6.47. The number of amides is 1. The molecule has 2 N–H and O–H groups in total. The lowest BCUT2D eigenvalue weighted by molar-refractivity contribution is -0.118. The summed E-state index contributed by atoms with van der Waals surface area (Å²) in [5, 5.41) is 11.8. The minimum absolute atomic E-state index is 0.122. The Morgan fingerprint density at radius 2 is 1.85 bits per heavy atom. The van der Waals surface area contributed by atoms with E-state index in [1.165, 1.54) is 19.2 Å². The molecule has 2 aromatic carbocycles. The van der Waals surface area contributed by atoms with Gasteiger partial charge in [0.15, 0.2) is 6.61 Å². The number of phenolic OH excluding ortho intramolecular Hbond substituents is 1. The van der Waals surface area contributed by atoms with E-state index in [1.807, 2.05) is 6.07 Å². The Morgan fingerprint density at radius 1 is 1.15 bits per heavy atom. The molecule has 0 fully saturated rings. The van der Waals surface area contributed by atoms with Gasteiger partial charge in [0.25, 0.3) is 5.91 Å². The van der Waals surface area contributed by atoms with Crippen LogP contribution in [0.25, 0.3) is 0 Å². The van der Waals surface area contributed by atoms with Gasteiger partial charge in [0.05, 0.1) is 12.8 Å². The number of para-hydroxylation sites is 2. The third-order valence-corrected chi connectivity index (χ3v) is 2.59. The predicted molar refractivity (Wildman–Crippen MR) is 75.2 cm³/mol. The van der Waals surface area contributed by atoms with E-state index in [4.69, 9.17) is 14.6 Å². The maximum Gasteiger partial charge on any atom is 0.262 e. The Kier molecular flexibility index (Phi) is 4.44. The summed E-state index contributed by atoms with van der Waals surface area (Å²) in [5.74, 6) is 0.960. The Hall–Kier alpha value is -2.69. The third kappa shape index (κ3) is 3.65. The Morgan fingerprint density at radius 3 is 2.55 bits per heavy atom. The molecule has 0 aliphatic heterocycles. The number of carbonyl (C=O) groups is 1. The van der Waals surface area contributed by atoms with Crippen LogP contribution in [0.2, 0.25) is 0 Å². The molecule has 0 saturated heterocycles. The van der Waals surface area contributed by atoms with E-state index in [9.17, 15) is 4.79 Å². The number of hydrogen-bond acceptors (Lipinski definition) is 4. The van der Waals surface area contributed by atoms with E-state index in [2.05, 4.69) is 5.32 Å². The second-order valence-electron chi connectivity index (χ2n) is 4.03. The molecular formula is C15H15NO4. The van der Waals surface area contributed by atoms with Crippen LogP contribution < -0.4 is 14.8 Å². The highest BCUT2D eigenvalue weighted by molar-refractivity contribution is 5.93. The second-order valence-corrected chi connectivity index (χ2v) is 4.03. The van der Waals surface area contributed by atoms with Crippen molar-refractivity contribution in [3.63, 3.8) is 0 Å². The fourth-order valence-corrected chi connectivity index (χ4v) is 1.63. The summed E-state index contributed by atoms with van der Waals surface area (Å²) in [6.45, 7) is -0.122. The van der Waals surface area contributed by atoms with Gasteiger partial charge >= 0.3 is 0 Å². The van der Waals surface area contributed by atoms with Crippen molar-refractivity contribution >= 4 is 11.6 Å². The number of anilines is 1. The van der Waals surface area contributed by atoms with Gasteiger partial charge in [-0.05, 0) is 36.4 Å². The molecule has 104 valence electrons. The van der Waals surface area contributed by atoms with E-state index in [0.717, 1.165) is 0 Å². The summed E-state index contributed by atoms with van der Waals surface area (Å²) in [6, 6.07) is 13.3. The molecule has 2 aromatic rings. The Balaban J connectivity index is 1.91. The number of rotatable bonds is 5. The highest BCUT2D eigenvalue weighted by Crippen LogP contribution is 2.23. The molecule has 2 rings (SSSR count). The van der Waals surface area contributed by atoms with Crippen LogP contribution in [0.3, 0.4) is 0 Å². The van der Waals surface area contributed by atoms with Gasteiger partial charge in [0.1, 0.15) is 17.2 Å². The summed E-state index contributed by atoms with van der Waals surface area (Å²) in [7, 11) is 1.54. The average Bonchev–Trinajstić information content (AvgIpc) is 2.47. The molecule has 0 aliphatic rings. The van der Waals surface area contributed by atoms with Gasteiger partial charge in [-0.3, -0.25) is 4.79 Å². The molecule has 20 heavy (non-hydrogen) atoms. The van der Waals surface area contributed by atoms with Crippen LogP contribution in [0.15, 0.2) is 48.5 Å². The zero-order valence-corrected chi connectivity index (χ0v) is 11.0. The van der Waals surface area contributed by atoms with Crippen LogP contribution in [0.4, 0.5) is 5.69 Å². The zero-order valence-electron chi connectivity index (χ0n) is 11.0. The lowest BCUT2D eigenvalue weighted by Gasteiger charge is -2.10. The van der Waals surface area contributed by atoms with E-state index < -0.39 is 0 Å². The quantitative estimate of drug-likeness (QED) is 0.878. The first kappa shape index (κ1) is 13.7. The molecule has 5 heteroatoms. The Labute approximate surface area is 116 Å². The number of aromatic hydroxyl groups is 1. The standard InChI is InChI=1S/C15H15NO4/c1-19-14-5-3-2-4-13(14)16-15(18)10-20-12-8-6-11(17)7-9-12/h2-9,17H,10H2,1H3,(H,16,18). The van der Waals surface area contributed by atoms with E-state index >= 15 is 0 Å². The van der Waals surface area contributed by atoms with Crippen molar-refractivity contribution in [2.24, 2.45) is 0 Å². The minimum Gasteiger partial charge on any atom is -0.508 e. The third-order valence-electron chi connectivity index (χ3n) is 2.59. The molecule has 0 unspecified atom stereocenters. The van der Waals surface area contributed by atoms with Crippen LogP contribution in [0.1, 0.15) is 0 Å². The summed E-state index contributed by atoms with van der Waals surface area (Å²) in [6.07, 6.45) is 0. The molecule has 5 nitrogen and oxygen atoms in total. The first-order valence-corrected chi connectivity index (χ1v) is 6.04. The number of benzene rings is 2. The summed E-state index contributed by atoms with van der Waals surface area (Å²) in [5.41, 5.74) is 0.592. The van der Waals surface area contributed by atoms with Crippen LogP contribution in [0, 0.1) is 0 Å². The van der Waals surface area contributed by atoms with Crippen molar-refractivity contribution in [2.45, 2.75) is 0 Å². The number of methoxy groups -OCH3 is 1. The maximum absolute atomic E-state index is 11.8. The molecular weight excluding hydrogens is 258 g/mol. The number of nitrogens with one attached hydrogen (secondary N) is 1. The van der Waals surface area contributed by atoms with Gasteiger partial charge in [0, 0.05) is 0 Å². The molecule has 0 radical (unpaired) electrons. The van der Waals surface area contributed by atoms with Crippen LogP contribution in [-0.4, -0.2) is 24.7 Å². The Bertz CT molecular complexity index is 581. The smallest absolute Gasteiger partial charge is 0.262 e. The average molecular weight is 273 g/mol. The van der Waals surface area contributed by atoms with Crippen LogP contribution in [0.5, 0.6) is 17.2 Å². The lowest BCUT2D eigenvalue weighted by atomic mass is 10.3. The first-order chi connectivity index (χ1) is 9.69. The van der Waals surface area contributed by atoms with Gasteiger partial charge in [-0.15, -0.1) is 0 Å². The summed E-state index contributed by atoms with van der Waals surface area (Å²) < 4.78 is 10.4. The monoisotopic (exact) mass is 273 g/mol. The molecule has 0 aliphatic carbocycles. The highest BCUT2D eigenvalue weighted by atomic mass is 16.5. The van der Waals surface area contributed by atoms with Crippen molar-refractivity contribution in [1.82, 2.24) is 0 Å². The van der Waals surface area contributed by atoms with Crippen LogP contribution in [-0.2, 0) is 4.79 Å². The normalized spacial score (nSPS) is 9.85. The number of phenols is 1. The largest absolute Gasteiger partial charge is 0.508 e. The molecule has 0 aromatic heterocycles. The van der Waals surface area contributed by atoms with Crippen molar-refractivity contribution in [3.05, 3.63) is 48.5 Å². The van der Waals surface area contributed by atoms with E-state index in [0.29, 0.717) is 17.2 Å². The number of ether oxygens (including phenoxy) is 2. The first-order valence-electron chi connectivity index (χ1n) is 6.04. The van der Waals surface area contributed by atoms with E-state index in [-0.39, 0.29) is 18.3 Å². The van der Waals surface area contributed by atoms with Gasteiger partial charge in [-0.1, -0.05) is 12.1 Å². The van der Waals surface area contributed by atoms with Gasteiger partial charge in [-0.2, -0.15) is 0 Å². The molecule has 0 spiro atoms. The fraction of sp³-hybridized carbons (Fsp3) is 0.133. The van der Waals surface area contributed by atoms with Crippen molar-refractivity contribution < 1.29 is 19.4 Å². The fourth-order valence-electron chi connectivity index (χ4n) is 1.63. The van der Waals surface area contributed by atoms with Crippen molar-refractivity contribution in [1.29, 1.82) is 0 Å². The van der Waals surface area contributed by atoms with Crippen molar-refractivity contribution in [2.75, 3.05) is 19.0 Å². The molecule has 0 heterocycles. The van der Waals surface area contributed by atoms with Crippen molar-refractivity contribution in [3.8, 4) is 17.2 Å². The zero-order chi connectivity index (χ0) is 14.4. The predicted octanol–water partition coefficient (Wildman–Crippen LogP) is 2.42. The highest BCUT2D eigenvalue weighted by Gasteiger charge is 2.07. The maximum atomic E-state index is 11.8. The van der Waals surface area contributed by atoms with Gasteiger partial charge < -0.3 is 19.9 Å². The topological polar surface area (TPSA) is 67.8 Å². The van der Waals surface area contributed by atoms with Gasteiger partial charge in [0.2, 0.25) is 0 Å².